The number of piperidine rings is 1. The van der Waals surface area contributed by atoms with Gasteiger partial charge in [-0.2, -0.15) is 0 Å². The zero-order valence-corrected chi connectivity index (χ0v) is 10.1. The Bertz CT molecular complexity index is 415. The van der Waals surface area contributed by atoms with Gasteiger partial charge in [0.05, 0.1) is 18.9 Å². The molecule has 5 heteroatoms. The Morgan fingerprint density at radius 1 is 1.24 bits per heavy atom. The molecule has 0 radical (unpaired) electrons. The van der Waals surface area contributed by atoms with Crippen LogP contribution in [-0.4, -0.2) is 29.1 Å². The Morgan fingerprint density at radius 2 is 2.06 bits per heavy atom. The minimum Gasteiger partial charge on any atom is -0.370 e. The first-order valence-corrected chi connectivity index (χ1v) is 6.24. The fourth-order valence-corrected chi connectivity index (χ4v) is 2.43. The van der Waals surface area contributed by atoms with Crippen LogP contribution in [0.1, 0.15) is 29.8 Å². The first-order chi connectivity index (χ1) is 8.33. The summed E-state index contributed by atoms with van der Waals surface area (Å²) in [6, 6.07) is 0.496. The van der Waals surface area contributed by atoms with E-state index in [1.807, 2.05) is 6.92 Å². The average molecular weight is 234 g/mol. The van der Waals surface area contributed by atoms with Gasteiger partial charge in [-0.05, 0) is 32.9 Å². The zero-order chi connectivity index (χ0) is 11.7. The highest BCUT2D eigenvalue weighted by Gasteiger charge is 2.19. The number of nitrogens with zero attached hydrogens (tertiary/aromatic N) is 2. The highest BCUT2D eigenvalue weighted by Crippen LogP contribution is 2.22. The molecule has 3 heterocycles. The summed E-state index contributed by atoms with van der Waals surface area (Å²) in [5, 5.41) is 6.79. The predicted octanol–water partition coefficient (Wildman–Crippen LogP) is 0.979. The summed E-state index contributed by atoms with van der Waals surface area (Å²) in [6.45, 7) is 5.46. The van der Waals surface area contributed by atoms with Crippen LogP contribution in [0.15, 0.2) is 0 Å². The third kappa shape index (κ3) is 2.25. The lowest BCUT2D eigenvalue weighted by molar-refractivity contribution is 0.133. The Morgan fingerprint density at radius 3 is 2.88 bits per heavy atom. The molecule has 1 fully saturated rings. The van der Waals surface area contributed by atoms with Gasteiger partial charge in [0.2, 0.25) is 5.95 Å². The Kier molecular flexibility index (Phi) is 2.94. The van der Waals surface area contributed by atoms with Gasteiger partial charge in [0.15, 0.2) is 0 Å². The SMILES string of the molecule is Cc1nc(NC2CCNCC2)nc2c1COC2. The lowest BCUT2D eigenvalue weighted by atomic mass is 10.1. The van der Waals surface area contributed by atoms with Crippen LogP contribution in [0.3, 0.4) is 0 Å². The molecule has 2 aliphatic heterocycles. The second-order valence-corrected chi connectivity index (χ2v) is 4.72. The van der Waals surface area contributed by atoms with E-state index < -0.39 is 0 Å². The molecule has 3 rings (SSSR count). The molecule has 0 atom stereocenters. The summed E-state index contributed by atoms with van der Waals surface area (Å²) in [7, 11) is 0. The van der Waals surface area contributed by atoms with Crippen molar-refractivity contribution in [2.24, 2.45) is 0 Å². The Balaban J connectivity index is 1.76. The normalized spacial score (nSPS) is 20.3. The number of fused-ring (bicyclic) bond motifs is 1. The molecular formula is C12H18N4O. The smallest absolute Gasteiger partial charge is 0.223 e. The third-order valence-electron chi connectivity index (χ3n) is 3.46. The highest BCUT2D eigenvalue weighted by molar-refractivity contribution is 5.36. The summed E-state index contributed by atoms with van der Waals surface area (Å²) in [5.41, 5.74) is 3.26. The first kappa shape index (κ1) is 10.9. The van der Waals surface area contributed by atoms with Gasteiger partial charge >= 0.3 is 0 Å². The number of aryl methyl sites for hydroxylation is 1. The molecule has 92 valence electrons. The van der Waals surface area contributed by atoms with Gasteiger partial charge in [-0.1, -0.05) is 0 Å². The van der Waals surface area contributed by atoms with Crippen LogP contribution in [0.2, 0.25) is 0 Å². The summed E-state index contributed by atoms with van der Waals surface area (Å²) in [5.74, 6) is 0.763. The fourth-order valence-electron chi connectivity index (χ4n) is 2.43. The number of ether oxygens (including phenoxy) is 1. The molecule has 0 aromatic carbocycles. The summed E-state index contributed by atoms with van der Waals surface area (Å²) in [6.07, 6.45) is 2.27. The summed E-state index contributed by atoms with van der Waals surface area (Å²) >= 11 is 0. The minimum atomic E-state index is 0.496. The van der Waals surface area contributed by atoms with Gasteiger partial charge in [0, 0.05) is 17.3 Å². The van der Waals surface area contributed by atoms with Crippen LogP contribution in [0.4, 0.5) is 5.95 Å². The van der Waals surface area contributed by atoms with Crippen LogP contribution in [0.5, 0.6) is 0 Å². The van der Waals surface area contributed by atoms with E-state index in [-0.39, 0.29) is 0 Å². The van der Waals surface area contributed by atoms with Gasteiger partial charge in [0.1, 0.15) is 0 Å². The van der Waals surface area contributed by atoms with Crippen LogP contribution < -0.4 is 10.6 Å². The van der Waals surface area contributed by atoms with E-state index in [1.54, 1.807) is 0 Å². The van der Waals surface area contributed by atoms with Crippen molar-refractivity contribution in [2.45, 2.75) is 39.0 Å². The molecule has 0 unspecified atom stereocenters. The van der Waals surface area contributed by atoms with Crippen molar-refractivity contribution in [3.05, 3.63) is 17.0 Å². The van der Waals surface area contributed by atoms with E-state index in [0.29, 0.717) is 19.3 Å². The Hall–Kier alpha value is -1.20. The number of aromatic nitrogens is 2. The molecule has 0 saturated carbocycles. The average Bonchev–Trinajstić information content (AvgIpc) is 2.79. The zero-order valence-electron chi connectivity index (χ0n) is 10.1. The van der Waals surface area contributed by atoms with E-state index in [1.165, 1.54) is 5.56 Å². The maximum atomic E-state index is 5.40. The van der Waals surface area contributed by atoms with Crippen molar-refractivity contribution in [1.29, 1.82) is 0 Å². The molecule has 0 bridgehead atoms. The van der Waals surface area contributed by atoms with E-state index in [9.17, 15) is 0 Å². The van der Waals surface area contributed by atoms with Crippen molar-refractivity contribution in [3.8, 4) is 0 Å². The maximum Gasteiger partial charge on any atom is 0.223 e. The van der Waals surface area contributed by atoms with Crippen molar-refractivity contribution in [2.75, 3.05) is 18.4 Å². The van der Waals surface area contributed by atoms with Gasteiger partial charge in [-0.15, -0.1) is 0 Å². The molecule has 1 aromatic rings. The van der Waals surface area contributed by atoms with Crippen molar-refractivity contribution in [1.82, 2.24) is 15.3 Å². The molecule has 0 spiro atoms. The number of anilines is 1. The fraction of sp³-hybridized carbons (Fsp3) is 0.667. The highest BCUT2D eigenvalue weighted by atomic mass is 16.5. The monoisotopic (exact) mass is 234 g/mol. The van der Waals surface area contributed by atoms with Crippen molar-refractivity contribution >= 4 is 5.95 Å². The van der Waals surface area contributed by atoms with Gasteiger partial charge in [-0.3, -0.25) is 0 Å². The van der Waals surface area contributed by atoms with Crippen LogP contribution >= 0.6 is 0 Å². The molecule has 0 amide bonds. The van der Waals surface area contributed by atoms with E-state index in [4.69, 9.17) is 4.74 Å². The van der Waals surface area contributed by atoms with Crippen molar-refractivity contribution < 1.29 is 4.74 Å². The van der Waals surface area contributed by atoms with Crippen LogP contribution in [0.25, 0.3) is 0 Å². The number of hydrogen-bond donors (Lipinski definition) is 2. The second-order valence-electron chi connectivity index (χ2n) is 4.72. The standard InChI is InChI=1S/C12H18N4O/c1-8-10-6-17-7-11(10)16-12(14-8)15-9-2-4-13-5-3-9/h9,13H,2-7H2,1H3,(H,14,15,16). The lowest BCUT2D eigenvalue weighted by Gasteiger charge is -2.23. The quantitative estimate of drug-likeness (QED) is 0.799. The topological polar surface area (TPSA) is 59.1 Å². The van der Waals surface area contributed by atoms with E-state index in [2.05, 4.69) is 20.6 Å². The molecule has 5 nitrogen and oxygen atoms in total. The van der Waals surface area contributed by atoms with Crippen LogP contribution in [-0.2, 0) is 18.0 Å². The molecule has 2 N–H and O–H groups in total. The molecular weight excluding hydrogens is 216 g/mol. The lowest BCUT2D eigenvalue weighted by Crippen LogP contribution is -2.35. The first-order valence-electron chi connectivity index (χ1n) is 6.24. The molecule has 17 heavy (non-hydrogen) atoms. The van der Waals surface area contributed by atoms with Gasteiger partial charge in [-0.25, -0.2) is 9.97 Å². The number of nitrogens with one attached hydrogen (secondary N) is 2. The van der Waals surface area contributed by atoms with E-state index >= 15 is 0 Å². The molecule has 1 saturated heterocycles. The maximum absolute atomic E-state index is 5.40. The molecule has 2 aliphatic rings. The largest absolute Gasteiger partial charge is 0.370 e. The Labute approximate surface area is 101 Å². The van der Waals surface area contributed by atoms with E-state index in [0.717, 1.165) is 43.3 Å². The molecule has 0 aliphatic carbocycles. The minimum absolute atomic E-state index is 0.496. The number of hydrogen-bond acceptors (Lipinski definition) is 5. The predicted molar refractivity (Wildman–Crippen MR) is 64.8 cm³/mol. The van der Waals surface area contributed by atoms with Gasteiger partial charge in [0.25, 0.3) is 0 Å². The van der Waals surface area contributed by atoms with Gasteiger partial charge < -0.3 is 15.4 Å². The number of rotatable bonds is 2. The summed E-state index contributed by atoms with van der Waals surface area (Å²) in [4.78, 5) is 9.06. The second kappa shape index (κ2) is 4.58. The van der Waals surface area contributed by atoms with Crippen LogP contribution in [0, 0.1) is 6.92 Å². The third-order valence-corrected chi connectivity index (χ3v) is 3.46. The van der Waals surface area contributed by atoms with Crippen molar-refractivity contribution in [3.63, 3.8) is 0 Å². The molecule has 1 aromatic heterocycles. The summed E-state index contributed by atoms with van der Waals surface area (Å²) < 4.78 is 5.40.